The van der Waals surface area contributed by atoms with Gasteiger partial charge in [0, 0.05) is 11.1 Å². The quantitative estimate of drug-likeness (QED) is 0.410. The second kappa shape index (κ2) is 10.4. The molecule has 3 atom stereocenters. The first-order valence-electron chi connectivity index (χ1n) is 11.0. The molecule has 0 bridgehead atoms. The molecule has 0 fully saturated rings. The SMILES string of the molecule is COC(=O)C1=CCC(C(C)O)C(c2c(C)cc(C(C)(C)CCCCCF)cc2O)C1. The van der Waals surface area contributed by atoms with Gasteiger partial charge < -0.3 is 14.9 Å². The number of allylic oxidation sites excluding steroid dienone is 1. The van der Waals surface area contributed by atoms with Gasteiger partial charge in [0.1, 0.15) is 5.75 Å². The van der Waals surface area contributed by atoms with Crippen LogP contribution < -0.4 is 0 Å². The van der Waals surface area contributed by atoms with Gasteiger partial charge in [-0.3, -0.25) is 4.39 Å². The molecular weight excluding hydrogens is 383 g/mol. The minimum atomic E-state index is -0.559. The fraction of sp³-hybridized carbons (Fsp3) is 0.640. The number of phenols is 1. The van der Waals surface area contributed by atoms with Crippen LogP contribution in [0.4, 0.5) is 4.39 Å². The molecule has 4 nitrogen and oxygen atoms in total. The van der Waals surface area contributed by atoms with E-state index in [9.17, 15) is 19.4 Å². The van der Waals surface area contributed by atoms with Crippen molar-refractivity contribution >= 4 is 5.97 Å². The molecule has 0 radical (unpaired) electrons. The largest absolute Gasteiger partial charge is 0.508 e. The number of aryl methyl sites for hydroxylation is 1. The Morgan fingerprint density at radius 3 is 2.57 bits per heavy atom. The number of aliphatic hydroxyl groups excluding tert-OH is 1. The highest BCUT2D eigenvalue weighted by atomic mass is 19.1. The number of esters is 1. The molecule has 0 heterocycles. The van der Waals surface area contributed by atoms with Crippen LogP contribution in [0.2, 0.25) is 0 Å². The summed E-state index contributed by atoms with van der Waals surface area (Å²) in [5, 5.41) is 21.4. The highest BCUT2D eigenvalue weighted by molar-refractivity contribution is 5.88. The van der Waals surface area contributed by atoms with E-state index in [2.05, 4.69) is 19.9 Å². The lowest BCUT2D eigenvalue weighted by molar-refractivity contribution is -0.136. The number of alkyl halides is 1. The van der Waals surface area contributed by atoms with Gasteiger partial charge in [0.05, 0.1) is 19.9 Å². The summed E-state index contributed by atoms with van der Waals surface area (Å²) in [5.41, 5.74) is 3.27. The maximum atomic E-state index is 12.4. The predicted molar refractivity (Wildman–Crippen MR) is 118 cm³/mol. The van der Waals surface area contributed by atoms with Gasteiger partial charge in [-0.15, -0.1) is 0 Å². The Morgan fingerprint density at radius 1 is 1.30 bits per heavy atom. The number of aliphatic hydroxyl groups is 1. The first-order chi connectivity index (χ1) is 14.1. The minimum absolute atomic E-state index is 0.0810. The summed E-state index contributed by atoms with van der Waals surface area (Å²) in [7, 11) is 1.37. The number of halogens is 1. The lowest BCUT2D eigenvalue weighted by Crippen LogP contribution is -2.29. The molecule has 1 aromatic carbocycles. The van der Waals surface area contributed by atoms with E-state index in [1.807, 2.05) is 19.1 Å². The summed E-state index contributed by atoms with van der Waals surface area (Å²) in [6.07, 6.45) is 5.60. The van der Waals surface area contributed by atoms with E-state index in [-0.39, 0.29) is 35.6 Å². The van der Waals surface area contributed by atoms with Gasteiger partial charge in [0.25, 0.3) is 0 Å². The van der Waals surface area contributed by atoms with Crippen molar-refractivity contribution in [2.45, 2.75) is 83.7 Å². The van der Waals surface area contributed by atoms with Crippen molar-refractivity contribution in [2.24, 2.45) is 5.92 Å². The Kier molecular flexibility index (Phi) is 8.48. The molecule has 1 aromatic rings. The number of carbonyl (C=O) groups is 1. The molecule has 0 saturated carbocycles. The molecule has 0 saturated heterocycles. The van der Waals surface area contributed by atoms with Crippen LogP contribution in [0.15, 0.2) is 23.8 Å². The highest BCUT2D eigenvalue weighted by Gasteiger charge is 2.35. The lowest BCUT2D eigenvalue weighted by atomic mass is 9.71. The summed E-state index contributed by atoms with van der Waals surface area (Å²) >= 11 is 0. The number of unbranched alkanes of at least 4 members (excludes halogenated alkanes) is 2. The van der Waals surface area contributed by atoms with Gasteiger partial charge in [-0.2, -0.15) is 0 Å². The number of hydrogen-bond donors (Lipinski definition) is 2. The number of rotatable bonds is 9. The molecule has 5 heteroatoms. The summed E-state index contributed by atoms with van der Waals surface area (Å²) in [5.74, 6) is -0.385. The summed E-state index contributed by atoms with van der Waals surface area (Å²) < 4.78 is 17.3. The number of ether oxygens (including phenoxy) is 1. The topological polar surface area (TPSA) is 66.8 Å². The molecule has 0 aliphatic heterocycles. The third-order valence-corrected chi connectivity index (χ3v) is 6.61. The van der Waals surface area contributed by atoms with Crippen LogP contribution >= 0.6 is 0 Å². The van der Waals surface area contributed by atoms with Crippen LogP contribution in [0.3, 0.4) is 0 Å². The van der Waals surface area contributed by atoms with Gasteiger partial charge in [-0.25, -0.2) is 4.79 Å². The van der Waals surface area contributed by atoms with Crippen molar-refractivity contribution in [2.75, 3.05) is 13.8 Å². The van der Waals surface area contributed by atoms with Crippen molar-refractivity contribution < 1.29 is 24.1 Å². The minimum Gasteiger partial charge on any atom is -0.508 e. The van der Waals surface area contributed by atoms with E-state index in [0.29, 0.717) is 24.8 Å². The van der Waals surface area contributed by atoms with Gasteiger partial charge in [-0.05, 0) is 74.0 Å². The van der Waals surface area contributed by atoms with Crippen molar-refractivity contribution in [3.63, 3.8) is 0 Å². The molecule has 0 spiro atoms. The summed E-state index contributed by atoms with van der Waals surface area (Å²) in [6.45, 7) is 7.76. The monoisotopic (exact) mass is 420 g/mol. The standard InChI is InChI=1S/C25H37FO4/c1-16-13-19(25(3,4)11-7-6-8-12-26)15-22(28)23(16)21-14-18(24(29)30-5)9-10-20(21)17(2)27/h9,13,15,17,20-21,27-28H,6-8,10-12,14H2,1-5H3. The number of methoxy groups -OCH3 is 1. The molecule has 1 aliphatic rings. The summed E-state index contributed by atoms with van der Waals surface area (Å²) in [6, 6.07) is 3.94. The zero-order chi connectivity index (χ0) is 22.5. The van der Waals surface area contributed by atoms with Gasteiger partial charge >= 0.3 is 5.97 Å². The van der Waals surface area contributed by atoms with Crippen LogP contribution in [-0.2, 0) is 14.9 Å². The van der Waals surface area contributed by atoms with E-state index in [1.54, 1.807) is 6.92 Å². The zero-order valence-corrected chi connectivity index (χ0v) is 19.0. The van der Waals surface area contributed by atoms with Crippen LogP contribution in [0, 0.1) is 12.8 Å². The second-order valence-corrected chi connectivity index (χ2v) is 9.28. The van der Waals surface area contributed by atoms with E-state index in [4.69, 9.17) is 4.74 Å². The molecule has 168 valence electrons. The Hall–Kier alpha value is -1.88. The van der Waals surface area contributed by atoms with Crippen LogP contribution in [-0.4, -0.2) is 36.1 Å². The van der Waals surface area contributed by atoms with Gasteiger partial charge in [0.15, 0.2) is 0 Å². The van der Waals surface area contributed by atoms with Gasteiger partial charge in [0.2, 0.25) is 0 Å². The van der Waals surface area contributed by atoms with Crippen molar-refractivity contribution in [3.05, 3.63) is 40.5 Å². The second-order valence-electron chi connectivity index (χ2n) is 9.28. The van der Waals surface area contributed by atoms with Crippen LogP contribution in [0.25, 0.3) is 0 Å². The normalized spacial score (nSPS) is 20.6. The zero-order valence-electron chi connectivity index (χ0n) is 19.0. The molecule has 0 aromatic heterocycles. The molecule has 3 unspecified atom stereocenters. The number of aromatic hydroxyl groups is 1. The maximum absolute atomic E-state index is 12.4. The van der Waals surface area contributed by atoms with Crippen molar-refractivity contribution in [1.29, 1.82) is 0 Å². The third kappa shape index (κ3) is 5.63. The first kappa shape index (κ1) is 24.4. The average Bonchev–Trinajstić information content (AvgIpc) is 2.69. The number of carbonyl (C=O) groups excluding carboxylic acids is 1. The van der Waals surface area contributed by atoms with E-state index in [1.165, 1.54) is 7.11 Å². The average molecular weight is 421 g/mol. The van der Waals surface area contributed by atoms with Crippen LogP contribution in [0.1, 0.15) is 81.9 Å². The molecule has 30 heavy (non-hydrogen) atoms. The summed E-state index contributed by atoms with van der Waals surface area (Å²) in [4.78, 5) is 12.1. The Morgan fingerprint density at radius 2 is 2.00 bits per heavy atom. The Bertz CT molecular complexity index is 743. The fourth-order valence-corrected chi connectivity index (χ4v) is 4.70. The fourth-order valence-electron chi connectivity index (χ4n) is 4.70. The lowest BCUT2D eigenvalue weighted by Gasteiger charge is -2.35. The third-order valence-electron chi connectivity index (χ3n) is 6.61. The molecule has 1 aliphatic carbocycles. The van der Waals surface area contributed by atoms with Crippen LogP contribution in [0.5, 0.6) is 5.75 Å². The molecular formula is C25H37FO4. The molecule has 2 N–H and O–H groups in total. The molecule has 2 rings (SSSR count). The highest BCUT2D eigenvalue weighted by Crippen LogP contribution is 2.45. The van der Waals surface area contributed by atoms with E-state index < -0.39 is 6.10 Å². The Labute approximate surface area is 180 Å². The van der Waals surface area contributed by atoms with Crippen molar-refractivity contribution in [3.8, 4) is 5.75 Å². The number of phenolic OH excluding ortho intramolecular Hbond substituents is 1. The Balaban J connectivity index is 2.35. The number of hydrogen-bond acceptors (Lipinski definition) is 4. The smallest absolute Gasteiger partial charge is 0.333 e. The predicted octanol–water partition coefficient (Wildman–Crippen LogP) is 5.48. The number of benzene rings is 1. The first-order valence-corrected chi connectivity index (χ1v) is 11.0. The molecule has 0 amide bonds. The van der Waals surface area contributed by atoms with E-state index in [0.717, 1.165) is 36.0 Å². The maximum Gasteiger partial charge on any atom is 0.333 e. The van der Waals surface area contributed by atoms with E-state index >= 15 is 0 Å². The van der Waals surface area contributed by atoms with Gasteiger partial charge in [-0.1, -0.05) is 38.8 Å². The van der Waals surface area contributed by atoms with Crippen molar-refractivity contribution in [1.82, 2.24) is 0 Å².